The van der Waals surface area contributed by atoms with E-state index in [0.29, 0.717) is 12.1 Å². The number of carbonyl (C=O) groups is 1. The summed E-state index contributed by atoms with van der Waals surface area (Å²) in [6.07, 6.45) is 2.37. The first-order valence-corrected chi connectivity index (χ1v) is 8.04. The van der Waals surface area contributed by atoms with Gasteiger partial charge in [0.1, 0.15) is 0 Å². The highest BCUT2D eigenvalue weighted by Gasteiger charge is 2.35. The Morgan fingerprint density at radius 1 is 1.23 bits per heavy atom. The average molecular weight is 295 g/mol. The Morgan fingerprint density at radius 3 is 2.68 bits per heavy atom. The zero-order chi connectivity index (χ0) is 15.3. The molecular formula is C18H21N3O. The molecule has 4 heteroatoms. The lowest BCUT2D eigenvalue weighted by molar-refractivity contribution is 0.0699. The number of para-hydroxylation sites is 1. The molecule has 1 aromatic heterocycles. The summed E-state index contributed by atoms with van der Waals surface area (Å²) in [5.74, 6) is 0.152. The predicted octanol–water partition coefficient (Wildman–Crippen LogP) is 2.43. The van der Waals surface area contributed by atoms with Gasteiger partial charge in [-0.1, -0.05) is 18.2 Å². The Kier molecular flexibility index (Phi) is 3.15. The number of benzene rings is 1. The minimum atomic E-state index is 0.152. The van der Waals surface area contributed by atoms with Crippen molar-refractivity contribution in [3.63, 3.8) is 0 Å². The molecule has 114 valence electrons. The van der Waals surface area contributed by atoms with Crippen LogP contribution in [-0.2, 0) is 0 Å². The first kappa shape index (κ1) is 13.7. The molecule has 2 aliphatic heterocycles. The largest absolute Gasteiger partial charge is 0.336 e. The molecule has 4 rings (SSSR count). The third-order valence-corrected chi connectivity index (χ3v) is 4.90. The van der Waals surface area contributed by atoms with Gasteiger partial charge in [-0.05, 0) is 38.3 Å². The highest BCUT2D eigenvalue weighted by atomic mass is 16.2. The van der Waals surface area contributed by atoms with Gasteiger partial charge in [0.15, 0.2) is 0 Å². The van der Waals surface area contributed by atoms with E-state index < -0.39 is 0 Å². The number of aromatic nitrogens is 1. The van der Waals surface area contributed by atoms with E-state index in [0.717, 1.165) is 40.8 Å². The Bertz CT molecular complexity index is 743. The molecule has 1 aromatic carbocycles. The van der Waals surface area contributed by atoms with E-state index in [1.54, 1.807) is 0 Å². The molecule has 2 aliphatic rings. The zero-order valence-corrected chi connectivity index (χ0v) is 13.1. The van der Waals surface area contributed by atoms with E-state index in [1.165, 1.54) is 12.8 Å². The molecule has 1 N–H and O–H groups in total. The van der Waals surface area contributed by atoms with E-state index in [-0.39, 0.29) is 5.91 Å². The monoisotopic (exact) mass is 295 g/mol. The Morgan fingerprint density at radius 2 is 1.95 bits per heavy atom. The van der Waals surface area contributed by atoms with Gasteiger partial charge in [-0.15, -0.1) is 0 Å². The Labute approximate surface area is 130 Å². The zero-order valence-electron chi connectivity index (χ0n) is 13.1. The van der Waals surface area contributed by atoms with Crippen molar-refractivity contribution in [2.24, 2.45) is 0 Å². The maximum absolute atomic E-state index is 13.1. The number of likely N-dealkylation sites (tertiary alicyclic amines) is 1. The van der Waals surface area contributed by atoms with Crippen molar-refractivity contribution in [3.8, 4) is 0 Å². The summed E-state index contributed by atoms with van der Waals surface area (Å²) >= 11 is 0. The maximum Gasteiger partial charge on any atom is 0.254 e. The van der Waals surface area contributed by atoms with E-state index in [9.17, 15) is 4.79 Å². The number of nitrogens with one attached hydrogen (secondary N) is 1. The fraction of sp³-hybridized carbons (Fsp3) is 0.444. The molecule has 0 aliphatic carbocycles. The molecule has 2 bridgehead atoms. The molecule has 2 fully saturated rings. The van der Waals surface area contributed by atoms with Crippen LogP contribution in [0.15, 0.2) is 24.3 Å². The minimum absolute atomic E-state index is 0.152. The number of carbonyl (C=O) groups excluding carboxylic acids is 1. The van der Waals surface area contributed by atoms with Crippen molar-refractivity contribution in [1.29, 1.82) is 0 Å². The van der Waals surface area contributed by atoms with Gasteiger partial charge in [-0.2, -0.15) is 0 Å². The van der Waals surface area contributed by atoms with Gasteiger partial charge >= 0.3 is 0 Å². The third kappa shape index (κ3) is 2.18. The lowest BCUT2D eigenvalue weighted by atomic mass is 10.0. The molecule has 4 nitrogen and oxygen atoms in total. The van der Waals surface area contributed by atoms with Crippen LogP contribution in [0.2, 0.25) is 0 Å². The van der Waals surface area contributed by atoms with Crippen LogP contribution in [0.5, 0.6) is 0 Å². The Hall–Kier alpha value is -1.94. The van der Waals surface area contributed by atoms with E-state index in [4.69, 9.17) is 0 Å². The van der Waals surface area contributed by atoms with Crippen molar-refractivity contribution < 1.29 is 4.79 Å². The number of nitrogens with zero attached hydrogens (tertiary/aromatic N) is 2. The number of rotatable bonds is 1. The normalized spacial score (nSPS) is 24.0. The molecule has 2 saturated heterocycles. The lowest BCUT2D eigenvalue weighted by Gasteiger charge is -2.33. The molecule has 0 spiro atoms. The van der Waals surface area contributed by atoms with Crippen LogP contribution < -0.4 is 5.32 Å². The Balaban J connectivity index is 1.77. The SMILES string of the molecule is Cc1cc(C(=O)N2C[C@H]3CC[C@@H](C2)N3)c2cccc(C)c2n1. The number of piperazine rings is 1. The molecule has 3 heterocycles. The van der Waals surface area contributed by atoms with Crippen LogP contribution in [-0.4, -0.2) is 41.0 Å². The highest BCUT2D eigenvalue weighted by Crippen LogP contribution is 2.26. The maximum atomic E-state index is 13.1. The van der Waals surface area contributed by atoms with Crippen LogP contribution in [0.4, 0.5) is 0 Å². The number of pyridine rings is 1. The topological polar surface area (TPSA) is 45.2 Å². The van der Waals surface area contributed by atoms with Crippen molar-refractivity contribution >= 4 is 16.8 Å². The van der Waals surface area contributed by atoms with Crippen LogP contribution in [0.1, 0.15) is 34.5 Å². The number of amides is 1. The lowest BCUT2D eigenvalue weighted by Crippen LogP contribution is -2.53. The van der Waals surface area contributed by atoms with E-state index in [1.807, 2.05) is 43.0 Å². The second kappa shape index (κ2) is 5.06. The molecule has 0 radical (unpaired) electrons. The summed E-state index contributed by atoms with van der Waals surface area (Å²) in [6.45, 7) is 5.66. The standard InChI is InChI=1S/C18H21N3O/c1-11-4-3-5-15-16(8-12(2)19-17(11)15)18(22)21-9-13-6-7-14(10-21)20-13/h3-5,8,13-14,20H,6-7,9-10H2,1-2H3/t13-,14+. The molecule has 22 heavy (non-hydrogen) atoms. The smallest absolute Gasteiger partial charge is 0.254 e. The van der Waals surface area contributed by atoms with Crippen LogP contribution in [0.25, 0.3) is 10.9 Å². The van der Waals surface area contributed by atoms with Crippen molar-refractivity contribution in [3.05, 3.63) is 41.1 Å². The third-order valence-electron chi connectivity index (χ3n) is 4.90. The fourth-order valence-electron chi connectivity index (χ4n) is 3.83. The van der Waals surface area contributed by atoms with Crippen molar-refractivity contribution in [2.45, 2.75) is 38.8 Å². The van der Waals surface area contributed by atoms with E-state index >= 15 is 0 Å². The van der Waals surface area contributed by atoms with Crippen LogP contribution in [0.3, 0.4) is 0 Å². The molecule has 2 aromatic rings. The second-order valence-electron chi connectivity index (χ2n) is 6.63. The van der Waals surface area contributed by atoms with Gasteiger partial charge in [-0.25, -0.2) is 0 Å². The molecule has 0 unspecified atom stereocenters. The summed E-state index contributed by atoms with van der Waals surface area (Å²) in [6, 6.07) is 8.95. The average Bonchev–Trinajstić information content (AvgIpc) is 2.85. The summed E-state index contributed by atoms with van der Waals surface area (Å²) < 4.78 is 0. The van der Waals surface area contributed by atoms with Gasteiger partial charge in [0, 0.05) is 36.3 Å². The van der Waals surface area contributed by atoms with Gasteiger partial charge in [0.05, 0.1) is 11.1 Å². The van der Waals surface area contributed by atoms with Gasteiger partial charge in [0.2, 0.25) is 0 Å². The van der Waals surface area contributed by atoms with Crippen molar-refractivity contribution in [2.75, 3.05) is 13.1 Å². The summed E-state index contributed by atoms with van der Waals surface area (Å²) in [5, 5.41) is 4.55. The fourth-order valence-corrected chi connectivity index (χ4v) is 3.83. The van der Waals surface area contributed by atoms with Crippen LogP contribution >= 0.6 is 0 Å². The van der Waals surface area contributed by atoms with Crippen LogP contribution in [0, 0.1) is 13.8 Å². The molecule has 1 amide bonds. The first-order chi connectivity index (χ1) is 10.6. The number of aryl methyl sites for hydroxylation is 2. The van der Waals surface area contributed by atoms with Gasteiger partial charge < -0.3 is 10.2 Å². The van der Waals surface area contributed by atoms with Crippen molar-refractivity contribution in [1.82, 2.24) is 15.2 Å². The number of hydrogen-bond donors (Lipinski definition) is 1. The second-order valence-corrected chi connectivity index (χ2v) is 6.63. The quantitative estimate of drug-likeness (QED) is 0.879. The summed E-state index contributed by atoms with van der Waals surface area (Å²) in [5.41, 5.74) is 3.77. The number of fused-ring (bicyclic) bond motifs is 3. The van der Waals surface area contributed by atoms with Gasteiger partial charge in [-0.3, -0.25) is 9.78 Å². The predicted molar refractivity (Wildman–Crippen MR) is 87.1 cm³/mol. The highest BCUT2D eigenvalue weighted by molar-refractivity contribution is 6.06. The molecule has 0 saturated carbocycles. The van der Waals surface area contributed by atoms with Gasteiger partial charge in [0.25, 0.3) is 5.91 Å². The minimum Gasteiger partial charge on any atom is -0.336 e. The first-order valence-electron chi connectivity index (χ1n) is 8.04. The summed E-state index contributed by atoms with van der Waals surface area (Å²) in [4.78, 5) is 19.7. The molecule has 2 atom stereocenters. The molecular weight excluding hydrogens is 274 g/mol. The summed E-state index contributed by atoms with van der Waals surface area (Å²) in [7, 11) is 0. The van der Waals surface area contributed by atoms with E-state index in [2.05, 4.69) is 10.3 Å². The number of hydrogen-bond acceptors (Lipinski definition) is 3.